The van der Waals surface area contributed by atoms with Gasteiger partial charge in [-0.1, -0.05) is 18.2 Å². The predicted octanol–water partition coefficient (Wildman–Crippen LogP) is 3.28. The summed E-state index contributed by atoms with van der Waals surface area (Å²) in [6, 6.07) is 12.4. The average Bonchev–Trinajstić information content (AvgIpc) is 2.55. The minimum atomic E-state index is -0.737. The summed E-state index contributed by atoms with van der Waals surface area (Å²) in [6.07, 6.45) is -0.737. The lowest BCUT2D eigenvalue weighted by atomic mass is 10.1. The van der Waals surface area contributed by atoms with Crippen LogP contribution in [-0.4, -0.2) is 18.7 Å². The van der Waals surface area contributed by atoms with Crippen molar-refractivity contribution in [3.63, 3.8) is 0 Å². The van der Waals surface area contributed by atoms with Crippen LogP contribution in [0.25, 0.3) is 21.7 Å². The first kappa shape index (κ1) is 15.1. The highest BCUT2D eigenvalue weighted by Gasteiger charge is 2.16. The Balaban J connectivity index is 2.01. The third-order valence-corrected chi connectivity index (χ3v) is 3.52. The summed E-state index contributed by atoms with van der Waals surface area (Å²) in [7, 11) is 0. The predicted molar refractivity (Wildman–Crippen MR) is 86.7 cm³/mol. The van der Waals surface area contributed by atoms with Crippen molar-refractivity contribution >= 4 is 27.7 Å². The monoisotopic (exact) mass is 312 g/mol. The molecule has 3 aromatic rings. The van der Waals surface area contributed by atoms with Gasteiger partial charge in [-0.05, 0) is 37.4 Å². The van der Waals surface area contributed by atoms with Gasteiger partial charge in [-0.3, -0.25) is 0 Å². The maximum atomic E-state index is 12.0. The zero-order valence-electron chi connectivity index (χ0n) is 12.9. The van der Waals surface area contributed by atoms with E-state index in [2.05, 4.69) is 0 Å². The van der Waals surface area contributed by atoms with Gasteiger partial charge in [-0.2, -0.15) is 0 Å². The van der Waals surface area contributed by atoms with Crippen molar-refractivity contribution < 1.29 is 18.7 Å². The zero-order chi connectivity index (χ0) is 16.4. The molecule has 0 unspecified atom stereocenters. The lowest BCUT2D eigenvalue weighted by Crippen LogP contribution is -2.26. The minimum Gasteiger partial charge on any atom is -0.479 e. The molecule has 0 saturated heterocycles. The fourth-order valence-corrected chi connectivity index (χ4v) is 2.45. The van der Waals surface area contributed by atoms with Crippen molar-refractivity contribution in [2.24, 2.45) is 0 Å². The first-order chi connectivity index (χ1) is 11.1. The molecule has 5 heteroatoms. The van der Waals surface area contributed by atoms with Crippen LogP contribution in [0.2, 0.25) is 0 Å². The van der Waals surface area contributed by atoms with Crippen molar-refractivity contribution in [3.8, 4) is 5.75 Å². The molecule has 0 spiro atoms. The average molecular weight is 312 g/mol. The van der Waals surface area contributed by atoms with E-state index in [0.717, 1.165) is 10.8 Å². The van der Waals surface area contributed by atoms with Crippen LogP contribution in [0.15, 0.2) is 51.7 Å². The van der Waals surface area contributed by atoms with Gasteiger partial charge in [-0.25, -0.2) is 9.59 Å². The second-order valence-electron chi connectivity index (χ2n) is 5.11. The standard InChI is InChI=1S/C18H16O5/c1-3-21-17(19)11(2)22-12-8-9-14-13-6-4-5-7-15(13)18(20)23-16(14)10-12/h4-11H,3H2,1-2H3/t11-/m1/s1. The second kappa shape index (κ2) is 6.12. The third-order valence-electron chi connectivity index (χ3n) is 3.52. The van der Waals surface area contributed by atoms with E-state index in [1.54, 1.807) is 38.1 Å². The summed E-state index contributed by atoms with van der Waals surface area (Å²) >= 11 is 0. The van der Waals surface area contributed by atoms with E-state index in [0.29, 0.717) is 23.3 Å². The second-order valence-corrected chi connectivity index (χ2v) is 5.11. The molecular formula is C18H16O5. The molecular weight excluding hydrogens is 296 g/mol. The summed E-state index contributed by atoms with van der Waals surface area (Å²) in [5, 5.41) is 2.17. The number of hydrogen-bond donors (Lipinski definition) is 0. The van der Waals surface area contributed by atoms with Gasteiger partial charge in [-0.15, -0.1) is 0 Å². The topological polar surface area (TPSA) is 65.7 Å². The summed E-state index contributed by atoms with van der Waals surface area (Å²) < 4.78 is 15.8. The largest absolute Gasteiger partial charge is 0.479 e. The van der Waals surface area contributed by atoms with Crippen molar-refractivity contribution in [1.82, 2.24) is 0 Å². The van der Waals surface area contributed by atoms with Gasteiger partial charge in [0.25, 0.3) is 0 Å². The van der Waals surface area contributed by atoms with Crippen LogP contribution in [-0.2, 0) is 9.53 Å². The summed E-state index contributed by atoms with van der Waals surface area (Å²) in [4.78, 5) is 23.7. The highest BCUT2D eigenvalue weighted by atomic mass is 16.6. The number of benzene rings is 2. The quantitative estimate of drug-likeness (QED) is 0.420. The summed E-state index contributed by atoms with van der Waals surface area (Å²) in [5.74, 6) is 0.00375. The molecule has 1 heterocycles. The molecule has 0 N–H and O–H groups in total. The Kier molecular flexibility index (Phi) is 4.02. The SMILES string of the molecule is CCOC(=O)[C@@H](C)Oc1ccc2c(c1)oc(=O)c1ccccc12. The molecule has 0 amide bonds. The number of hydrogen-bond acceptors (Lipinski definition) is 5. The summed E-state index contributed by atoms with van der Waals surface area (Å²) in [5.41, 5.74) is 0.0194. The maximum Gasteiger partial charge on any atom is 0.347 e. The molecule has 0 radical (unpaired) electrons. The first-order valence-corrected chi connectivity index (χ1v) is 7.39. The van der Waals surface area contributed by atoms with Gasteiger partial charge in [0, 0.05) is 11.5 Å². The minimum absolute atomic E-state index is 0.297. The molecule has 0 aliphatic rings. The molecule has 118 valence electrons. The fraction of sp³-hybridized carbons (Fsp3) is 0.222. The van der Waals surface area contributed by atoms with Crippen molar-refractivity contribution in [2.75, 3.05) is 6.61 Å². The van der Waals surface area contributed by atoms with Gasteiger partial charge >= 0.3 is 11.6 Å². The van der Waals surface area contributed by atoms with E-state index in [1.165, 1.54) is 0 Å². The smallest absolute Gasteiger partial charge is 0.347 e. The van der Waals surface area contributed by atoms with Crippen LogP contribution in [0.5, 0.6) is 5.75 Å². The van der Waals surface area contributed by atoms with Crippen LogP contribution in [0, 0.1) is 0 Å². The molecule has 2 aromatic carbocycles. The van der Waals surface area contributed by atoms with Gasteiger partial charge < -0.3 is 13.9 Å². The lowest BCUT2D eigenvalue weighted by molar-refractivity contribution is -0.150. The lowest BCUT2D eigenvalue weighted by Gasteiger charge is -2.13. The molecule has 3 rings (SSSR count). The zero-order valence-corrected chi connectivity index (χ0v) is 12.9. The van der Waals surface area contributed by atoms with Crippen molar-refractivity contribution in [1.29, 1.82) is 0 Å². The van der Waals surface area contributed by atoms with E-state index in [9.17, 15) is 9.59 Å². The molecule has 0 fully saturated rings. The van der Waals surface area contributed by atoms with Crippen molar-refractivity contribution in [3.05, 3.63) is 52.9 Å². The molecule has 0 saturated carbocycles. The Hall–Kier alpha value is -2.82. The number of fused-ring (bicyclic) bond motifs is 3. The van der Waals surface area contributed by atoms with Gasteiger partial charge in [0.1, 0.15) is 11.3 Å². The van der Waals surface area contributed by atoms with Crippen LogP contribution >= 0.6 is 0 Å². The molecule has 5 nitrogen and oxygen atoms in total. The van der Waals surface area contributed by atoms with E-state index in [-0.39, 0.29) is 0 Å². The van der Waals surface area contributed by atoms with Crippen LogP contribution in [0.4, 0.5) is 0 Å². The van der Waals surface area contributed by atoms with E-state index < -0.39 is 17.7 Å². The number of ether oxygens (including phenoxy) is 2. The number of esters is 1. The van der Waals surface area contributed by atoms with Gasteiger partial charge in [0.05, 0.1) is 12.0 Å². The first-order valence-electron chi connectivity index (χ1n) is 7.39. The van der Waals surface area contributed by atoms with Crippen LogP contribution in [0.3, 0.4) is 0 Å². The normalized spacial score (nSPS) is 12.3. The molecule has 0 aliphatic heterocycles. The molecule has 0 aliphatic carbocycles. The molecule has 1 aromatic heterocycles. The van der Waals surface area contributed by atoms with Gasteiger partial charge in [0.15, 0.2) is 6.10 Å². The molecule has 1 atom stereocenters. The van der Waals surface area contributed by atoms with Crippen LogP contribution in [0.1, 0.15) is 13.8 Å². The maximum absolute atomic E-state index is 12.0. The van der Waals surface area contributed by atoms with E-state index >= 15 is 0 Å². The van der Waals surface area contributed by atoms with Crippen LogP contribution < -0.4 is 10.4 Å². The Bertz CT molecular complexity index is 925. The fourth-order valence-electron chi connectivity index (χ4n) is 2.45. The Morgan fingerprint density at radius 1 is 1.13 bits per heavy atom. The Morgan fingerprint density at radius 3 is 2.61 bits per heavy atom. The van der Waals surface area contributed by atoms with E-state index in [4.69, 9.17) is 13.9 Å². The Labute approximate surface area is 132 Å². The molecule has 0 bridgehead atoms. The molecule has 23 heavy (non-hydrogen) atoms. The van der Waals surface area contributed by atoms with Crippen molar-refractivity contribution in [2.45, 2.75) is 20.0 Å². The highest BCUT2D eigenvalue weighted by molar-refractivity contribution is 6.04. The van der Waals surface area contributed by atoms with Gasteiger partial charge in [0.2, 0.25) is 0 Å². The Morgan fingerprint density at radius 2 is 1.87 bits per heavy atom. The number of rotatable bonds is 4. The summed E-state index contributed by atoms with van der Waals surface area (Å²) in [6.45, 7) is 3.64. The third kappa shape index (κ3) is 2.90. The number of carbonyl (C=O) groups is 1. The highest BCUT2D eigenvalue weighted by Crippen LogP contribution is 2.26. The van der Waals surface area contributed by atoms with E-state index in [1.807, 2.05) is 18.2 Å². The number of carbonyl (C=O) groups excluding carboxylic acids is 1.